The van der Waals surface area contributed by atoms with Crippen LogP contribution in [0.4, 0.5) is 5.82 Å². The van der Waals surface area contributed by atoms with Crippen LogP contribution in [-0.4, -0.2) is 59.5 Å². The van der Waals surface area contributed by atoms with Crippen LogP contribution in [0.15, 0.2) is 48.7 Å². The first-order valence-corrected chi connectivity index (χ1v) is 9.48. The number of carbonyl (C=O) groups is 1. The van der Waals surface area contributed by atoms with Gasteiger partial charge in [0.1, 0.15) is 5.82 Å². The fraction of sp³-hybridized carbons (Fsp3) is 0.429. The third-order valence-electron chi connectivity index (χ3n) is 5.63. The minimum Gasteiger partial charge on any atom is -0.354 e. The lowest BCUT2D eigenvalue weighted by Gasteiger charge is -2.40. The van der Waals surface area contributed by atoms with Crippen molar-refractivity contribution in [1.29, 1.82) is 0 Å². The second kappa shape index (κ2) is 7.46. The van der Waals surface area contributed by atoms with Crippen LogP contribution in [0.25, 0.3) is 0 Å². The normalized spacial score (nSPS) is 19.1. The van der Waals surface area contributed by atoms with E-state index >= 15 is 0 Å². The molecule has 0 bridgehead atoms. The third-order valence-corrected chi connectivity index (χ3v) is 5.63. The first-order valence-electron chi connectivity index (χ1n) is 9.48. The zero-order valence-electron chi connectivity index (χ0n) is 15.3. The van der Waals surface area contributed by atoms with Crippen molar-refractivity contribution in [2.75, 3.05) is 37.6 Å². The predicted octanol–water partition coefficient (Wildman–Crippen LogP) is 2.18. The summed E-state index contributed by atoms with van der Waals surface area (Å²) in [6.07, 6.45) is 2.80. The first-order chi connectivity index (χ1) is 12.7. The van der Waals surface area contributed by atoms with Gasteiger partial charge in [0.25, 0.3) is 0 Å². The van der Waals surface area contributed by atoms with E-state index in [4.69, 9.17) is 0 Å². The molecule has 136 valence electrons. The molecular weight excluding hydrogens is 324 g/mol. The average molecular weight is 350 g/mol. The maximum absolute atomic E-state index is 13.0. The number of pyridine rings is 1. The van der Waals surface area contributed by atoms with Crippen LogP contribution in [0.3, 0.4) is 0 Å². The Bertz CT molecular complexity index is 756. The lowest BCUT2D eigenvalue weighted by molar-refractivity contribution is -0.137. The largest absolute Gasteiger partial charge is 0.354 e. The number of benzene rings is 1. The molecule has 26 heavy (non-hydrogen) atoms. The zero-order chi connectivity index (χ0) is 17.9. The summed E-state index contributed by atoms with van der Waals surface area (Å²) in [5, 5.41) is 0. The van der Waals surface area contributed by atoms with Gasteiger partial charge in [-0.1, -0.05) is 30.3 Å². The number of anilines is 1. The Balaban J connectivity index is 1.35. The molecule has 4 rings (SSSR count). The topological polar surface area (TPSA) is 39.7 Å². The Morgan fingerprint density at radius 3 is 2.42 bits per heavy atom. The molecule has 0 N–H and O–H groups in total. The zero-order valence-corrected chi connectivity index (χ0v) is 15.3. The van der Waals surface area contributed by atoms with Crippen molar-refractivity contribution in [3.05, 3.63) is 59.8 Å². The van der Waals surface area contributed by atoms with Crippen molar-refractivity contribution in [3.8, 4) is 0 Å². The summed E-state index contributed by atoms with van der Waals surface area (Å²) in [7, 11) is 0. The quantitative estimate of drug-likeness (QED) is 0.851. The van der Waals surface area contributed by atoms with Crippen LogP contribution in [0.1, 0.15) is 18.1 Å². The van der Waals surface area contributed by atoms with E-state index in [1.165, 1.54) is 11.1 Å². The Morgan fingerprint density at radius 2 is 1.69 bits per heavy atom. The van der Waals surface area contributed by atoms with Gasteiger partial charge in [-0.25, -0.2) is 4.98 Å². The highest BCUT2D eigenvalue weighted by molar-refractivity contribution is 5.81. The number of nitrogens with zero attached hydrogens (tertiary/aromatic N) is 4. The molecule has 1 amide bonds. The molecule has 2 aliphatic heterocycles. The van der Waals surface area contributed by atoms with Crippen molar-refractivity contribution in [1.82, 2.24) is 14.8 Å². The highest BCUT2D eigenvalue weighted by Crippen LogP contribution is 2.21. The van der Waals surface area contributed by atoms with E-state index in [-0.39, 0.29) is 11.9 Å². The molecule has 5 heteroatoms. The first kappa shape index (κ1) is 17.0. The van der Waals surface area contributed by atoms with Crippen LogP contribution < -0.4 is 4.90 Å². The van der Waals surface area contributed by atoms with E-state index in [0.717, 1.165) is 51.5 Å². The SMILES string of the molecule is C[C@H](C(=O)N1CCc2ccccc2C1)N1CCN(c2ccccn2)CC1. The van der Waals surface area contributed by atoms with E-state index in [1.54, 1.807) is 0 Å². The van der Waals surface area contributed by atoms with Gasteiger partial charge >= 0.3 is 0 Å². The molecule has 0 unspecified atom stereocenters. The van der Waals surface area contributed by atoms with E-state index in [0.29, 0.717) is 0 Å². The second-order valence-corrected chi connectivity index (χ2v) is 7.17. The van der Waals surface area contributed by atoms with E-state index < -0.39 is 0 Å². The molecule has 0 saturated carbocycles. The summed E-state index contributed by atoms with van der Waals surface area (Å²) in [6, 6.07) is 14.4. The summed E-state index contributed by atoms with van der Waals surface area (Å²) in [5.41, 5.74) is 2.67. The number of piperazine rings is 1. The lowest BCUT2D eigenvalue weighted by atomic mass is 9.99. The fourth-order valence-electron chi connectivity index (χ4n) is 3.98. The lowest BCUT2D eigenvalue weighted by Crippen LogP contribution is -2.55. The summed E-state index contributed by atoms with van der Waals surface area (Å²) >= 11 is 0. The van der Waals surface area contributed by atoms with Gasteiger partial charge in [-0.15, -0.1) is 0 Å². The number of hydrogen-bond donors (Lipinski definition) is 0. The maximum atomic E-state index is 13.0. The smallest absolute Gasteiger partial charge is 0.239 e. The molecule has 0 aliphatic carbocycles. The fourth-order valence-corrected chi connectivity index (χ4v) is 3.98. The molecule has 3 heterocycles. The number of fused-ring (bicyclic) bond motifs is 1. The number of carbonyl (C=O) groups excluding carboxylic acids is 1. The summed E-state index contributed by atoms with van der Waals surface area (Å²) < 4.78 is 0. The molecule has 0 radical (unpaired) electrons. The van der Waals surface area contributed by atoms with Gasteiger partial charge in [0.15, 0.2) is 0 Å². The van der Waals surface area contributed by atoms with Gasteiger partial charge in [0.05, 0.1) is 6.04 Å². The van der Waals surface area contributed by atoms with Crippen LogP contribution >= 0.6 is 0 Å². The molecule has 1 fully saturated rings. The number of aromatic nitrogens is 1. The molecular formula is C21H26N4O. The molecule has 0 spiro atoms. The minimum absolute atomic E-state index is 0.0638. The Labute approximate surface area is 155 Å². The predicted molar refractivity (Wildman–Crippen MR) is 103 cm³/mol. The van der Waals surface area contributed by atoms with Gasteiger partial charge in [-0.2, -0.15) is 0 Å². The molecule has 1 aromatic carbocycles. The Morgan fingerprint density at radius 1 is 0.962 bits per heavy atom. The van der Waals surface area contributed by atoms with Crippen molar-refractivity contribution in [2.24, 2.45) is 0 Å². The third kappa shape index (κ3) is 3.44. The molecule has 1 aromatic heterocycles. The monoisotopic (exact) mass is 350 g/mol. The summed E-state index contributed by atoms with van der Waals surface area (Å²) in [5.74, 6) is 1.28. The average Bonchev–Trinajstić information content (AvgIpc) is 2.73. The molecule has 1 atom stereocenters. The van der Waals surface area contributed by atoms with E-state index in [1.807, 2.05) is 23.2 Å². The highest BCUT2D eigenvalue weighted by Gasteiger charge is 2.30. The van der Waals surface area contributed by atoms with Crippen molar-refractivity contribution in [2.45, 2.75) is 25.9 Å². The van der Waals surface area contributed by atoms with Gasteiger partial charge in [0.2, 0.25) is 5.91 Å². The van der Waals surface area contributed by atoms with Gasteiger partial charge < -0.3 is 9.80 Å². The van der Waals surface area contributed by atoms with E-state index in [9.17, 15) is 4.79 Å². The number of amides is 1. The van der Waals surface area contributed by atoms with Crippen molar-refractivity contribution >= 4 is 11.7 Å². The molecule has 5 nitrogen and oxygen atoms in total. The van der Waals surface area contributed by atoms with E-state index in [2.05, 4.69) is 52.0 Å². The Hall–Kier alpha value is -2.40. The van der Waals surface area contributed by atoms with Crippen molar-refractivity contribution in [3.63, 3.8) is 0 Å². The Kier molecular flexibility index (Phi) is 4.89. The minimum atomic E-state index is -0.0638. The van der Waals surface area contributed by atoms with Crippen LogP contribution in [-0.2, 0) is 17.8 Å². The standard InChI is InChI=1S/C21H26N4O/c1-17(21(26)25-11-9-18-6-2-3-7-19(18)16-25)23-12-14-24(15-13-23)20-8-4-5-10-22-20/h2-8,10,17H,9,11-16H2,1H3/t17-/m1/s1. The van der Waals surface area contributed by atoms with Gasteiger partial charge in [-0.3, -0.25) is 9.69 Å². The van der Waals surface area contributed by atoms with Gasteiger partial charge in [-0.05, 0) is 36.6 Å². The van der Waals surface area contributed by atoms with Crippen LogP contribution in [0.2, 0.25) is 0 Å². The number of rotatable bonds is 3. The number of hydrogen-bond acceptors (Lipinski definition) is 4. The maximum Gasteiger partial charge on any atom is 0.239 e. The highest BCUT2D eigenvalue weighted by atomic mass is 16.2. The second-order valence-electron chi connectivity index (χ2n) is 7.17. The molecule has 2 aliphatic rings. The summed E-state index contributed by atoms with van der Waals surface area (Å²) in [4.78, 5) is 24.1. The van der Waals surface area contributed by atoms with Gasteiger partial charge in [0, 0.05) is 45.5 Å². The van der Waals surface area contributed by atoms with Crippen molar-refractivity contribution < 1.29 is 4.79 Å². The van der Waals surface area contributed by atoms with Crippen LogP contribution in [0.5, 0.6) is 0 Å². The molecule has 2 aromatic rings. The van der Waals surface area contributed by atoms with Crippen LogP contribution in [0, 0.1) is 0 Å². The molecule has 1 saturated heterocycles. The summed E-state index contributed by atoms with van der Waals surface area (Å²) in [6.45, 7) is 7.25.